The van der Waals surface area contributed by atoms with Gasteiger partial charge in [-0.05, 0) is 17.7 Å². The minimum absolute atomic E-state index is 0.435. The van der Waals surface area contributed by atoms with E-state index in [4.69, 9.17) is 5.73 Å². The Balaban J connectivity index is 2.64. The molecule has 0 fully saturated rings. The van der Waals surface area contributed by atoms with Gasteiger partial charge in [-0.3, -0.25) is 0 Å². The van der Waals surface area contributed by atoms with Crippen molar-refractivity contribution >= 4 is 18.2 Å². The van der Waals surface area contributed by atoms with Gasteiger partial charge in [0, 0.05) is 12.6 Å². The molecular formula is C9H10N2O. The Morgan fingerprint density at radius 3 is 2.92 bits per heavy atom. The van der Waals surface area contributed by atoms with Crippen LogP contribution in [0.3, 0.4) is 0 Å². The zero-order chi connectivity index (χ0) is 8.81. The maximum atomic E-state index is 9.96. The van der Waals surface area contributed by atoms with Crippen molar-refractivity contribution in [2.45, 2.75) is 6.42 Å². The van der Waals surface area contributed by atoms with Crippen LogP contribution in [0.25, 0.3) is 6.08 Å². The molecule has 12 heavy (non-hydrogen) atoms. The first-order valence-electron chi connectivity index (χ1n) is 3.64. The van der Waals surface area contributed by atoms with Crippen LogP contribution in [-0.4, -0.2) is 11.3 Å². The third-order valence-corrected chi connectivity index (χ3v) is 1.35. The molecule has 0 spiro atoms. The van der Waals surface area contributed by atoms with Crippen LogP contribution in [0.2, 0.25) is 0 Å². The van der Waals surface area contributed by atoms with Gasteiger partial charge in [0.2, 0.25) is 0 Å². The van der Waals surface area contributed by atoms with Gasteiger partial charge in [-0.25, -0.2) is 4.98 Å². The first-order valence-corrected chi connectivity index (χ1v) is 3.64. The van der Waals surface area contributed by atoms with Crippen LogP contribution < -0.4 is 5.73 Å². The number of aromatic nitrogens is 1. The zero-order valence-electron chi connectivity index (χ0n) is 6.60. The van der Waals surface area contributed by atoms with Crippen LogP contribution in [0.15, 0.2) is 24.4 Å². The molecule has 0 aliphatic rings. The van der Waals surface area contributed by atoms with Crippen LogP contribution in [0.4, 0.5) is 5.82 Å². The average molecular weight is 162 g/mol. The Kier molecular flexibility index (Phi) is 3.02. The first kappa shape index (κ1) is 8.46. The fraction of sp³-hybridized carbons (Fsp3) is 0.111. The Labute approximate surface area is 70.9 Å². The van der Waals surface area contributed by atoms with Gasteiger partial charge in [0.05, 0.1) is 0 Å². The maximum absolute atomic E-state index is 9.96. The van der Waals surface area contributed by atoms with Crippen molar-refractivity contribution in [2.75, 3.05) is 5.73 Å². The summed E-state index contributed by atoms with van der Waals surface area (Å²) >= 11 is 0. The molecule has 0 amide bonds. The second-order valence-corrected chi connectivity index (χ2v) is 2.32. The molecule has 0 radical (unpaired) electrons. The summed E-state index contributed by atoms with van der Waals surface area (Å²) in [4.78, 5) is 13.9. The lowest BCUT2D eigenvalue weighted by molar-refractivity contribution is -0.107. The highest BCUT2D eigenvalue weighted by Crippen LogP contribution is 2.03. The number of nitrogen functional groups attached to an aromatic ring is 1. The van der Waals surface area contributed by atoms with Crippen LogP contribution in [0.1, 0.15) is 12.0 Å². The van der Waals surface area contributed by atoms with Gasteiger partial charge in [-0.1, -0.05) is 12.2 Å². The number of carbonyl (C=O) groups excluding carboxylic acids is 1. The molecule has 0 saturated carbocycles. The zero-order valence-corrected chi connectivity index (χ0v) is 6.60. The molecule has 1 rings (SSSR count). The Morgan fingerprint density at radius 1 is 1.50 bits per heavy atom. The summed E-state index contributed by atoms with van der Waals surface area (Å²) in [5.41, 5.74) is 6.34. The molecule has 62 valence electrons. The Morgan fingerprint density at radius 2 is 2.33 bits per heavy atom. The molecule has 0 aromatic carbocycles. The summed E-state index contributed by atoms with van der Waals surface area (Å²) in [6.07, 6.45) is 6.56. The summed E-state index contributed by atoms with van der Waals surface area (Å²) < 4.78 is 0. The minimum Gasteiger partial charge on any atom is -0.384 e. The van der Waals surface area contributed by atoms with Gasteiger partial charge >= 0.3 is 0 Å². The lowest BCUT2D eigenvalue weighted by Crippen LogP contribution is -1.87. The van der Waals surface area contributed by atoms with Crippen molar-refractivity contribution < 1.29 is 4.79 Å². The van der Waals surface area contributed by atoms with Crippen molar-refractivity contribution in [1.29, 1.82) is 0 Å². The summed E-state index contributed by atoms with van der Waals surface area (Å²) in [5, 5.41) is 0. The van der Waals surface area contributed by atoms with E-state index in [0.29, 0.717) is 12.2 Å². The van der Waals surface area contributed by atoms with Crippen LogP contribution in [-0.2, 0) is 4.79 Å². The predicted molar refractivity (Wildman–Crippen MR) is 48.4 cm³/mol. The highest BCUT2D eigenvalue weighted by Gasteiger charge is 1.86. The first-order chi connectivity index (χ1) is 5.83. The van der Waals surface area contributed by atoms with Crippen molar-refractivity contribution in [1.82, 2.24) is 4.98 Å². The summed E-state index contributed by atoms with van der Waals surface area (Å²) in [6, 6.07) is 3.57. The van der Waals surface area contributed by atoms with Crippen molar-refractivity contribution in [3.63, 3.8) is 0 Å². The van der Waals surface area contributed by atoms with E-state index in [1.54, 1.807) is 18.3 Å². The molecule has 0 bridgehead atoms. The molecule has 1 aromatic rings. The van der Waals surface area contributed by atoms with E-state index in [1.165, 1.54) is 0 Å². The van der Waals surface area contributed by atoms with E-state index >= 15 is 0 Å². The lowest BCUT2D eigenvalue weighted by atomic mass is 10.2. The number of anilines is 1. The van der Waals surface area contributed by atoms with Gasteiger partial charge in [0.15, 0.2) is 0 Å². The number of hydrogen-bond acceptors (Lipinski definition) is 3. The van der Waals surface area contributed by atoms with Crippen molar-refractivity contribution in [2.24, 2.45) is 0 Å². The van der Waals surface area contributed by atoms with Crippen LogP contribution in [0.5, 0.6) is 0 Å². The molecule has 1 aromatic heterocycles. The van der Waals surface area contributed by atoms with E-state index in [9.17, 15) is 4.79 Å². The van der Waals surface area contributed by atoms with E-state index < -0.39 is 0 Å². The van der Waals surface area contributed by atoms with Crippen molar-refractivity contribution in [3.8, 4) is 0 Å². The summed E-state index contributed by atoms with van der Waals surface area (Å²) in [5.74, 6) is 0.502. The van der Waals surface area contributed by atoms with Crippen molar-refractivity contribution in [3.05, 3.63) is 30.0 Å². The SMILES string of the molecule is Nc1ccc(C=CCC=O)cn1. The van der Waals surface area contributed by atoms with Crippen LogP contribution in [0, 0.1) is 0 Å². The van der Waals surface area contributed by atoms with Crippen LogP contribution >= 0.6 is 0 Å². The topological polar surface area (TPSA) is 56.0 Å². The third-order valence-electron chi connectivity index (χ3n) is 1.35. The normalized spacial score (nSPS) is 10.3. The maximum Gasteiger partial charge on any atom is 0.123 e. The number of pyridine rings is 1. The molecule has 0 aliphatic heterocycles. The third kappa shape index (κ3) is 2.54. The molecule has 0 saturated heterocycles. The van der Waals surface area contributed by atoms with E-state index in [0.717, 1.165) is 11.8 Å². The number of carbonyl (C=O) groups is 1. The minimum atomic E-state index is 0.435. The lowest BCUT2D eigenvalue weighted by Gasteiger charge is -1.92. The predicted octanol–water partition coefficient (Wildman–Crippen LogP) is 1.27. The molecule has 1 heterocycles. The molecule has 0 aliphatic carbocycles. The Bertz CT molecular complexity index is 277. The van der Waals surface area contributed by atoms with Gasteiger partial charge in [0.1, 0.15) is 12.1 Å². The van der Waals surface area contributed by atoms with Gasteiger partial charge in [-0.15, -0.1) is 0 Å². The number of rotatable bonds is 3. The fourth-order valence-corrected chi connectivity index (χ4v) is 0.775. The molecular weight excluding hydrogens is 152 g/mol. The Hall–Kier alpha value is -1.64. The number of nitrogens with two attached hydrogens (primary N) is 1. The average Bonchev–Trinajstić information content (AvgIpc) is 2.09. The highest BCUT2D eigenvalue weighted by atomic mass is 16.1. The highest BCUT2D eigenvalue weighted by molar-refractivity contribution is 5.57. The second-order valence-electron chi connectivity index (χ2n) is 2.32. The van der Waals surface area contributed by atoms with Gasteiger partial charge in [0.25, 0.3) is 0 Å². The monoisotopic (exact) mass is 162 g/mol. The molecule has 0 atom stereocenters. The molecule has 2 N–H and O–H groups in total. The second kappa shape index (κ2) is 4.28. The quantitative estimate of drug-likeness (QED) is 0.681. The molecule has 0 unspecified atom stereocenters. The smallest absolute Gasteiger partial charge is 0.123 e. The van der Waals surface area contributed by atoms with E-state index in [-0.39, 0.29) is 0 Å². The number of hydrogen-bond donors (Lipinski definition) is 1. The van der Waals surface area contributed by atoms with E-state index in [1.807, 2.05) is 12.1 Å². The molecule has 3 heteroatoms. The number of aldehydes is 1. The van der Waals surface area contributed by atoms with Gasteiger partial charge < -0.3 is 10.5 Å². The molecule has 3 nitrogen and oxygen atoms in total. The largest absolute Gasteiger partial charge is 0.384 e. The number of nitrogens with zero attached hydrogens (tertiary/aromatic N) is 1. The fourth-order valence-electron chi connectivity index (χ4n) is 0.775. The van der Waals surface area contributed by atoms with Gasteiger partial charge in [-0.2, -0.15) is 0 Å². The van der Waals surface area contributed by atoms with E-state index in [2.05, 4.69) is 4.98 Å². The summed E-state index contributed by atoms with van der Waals surface area (Å²) in [6.45, 7) is 0. The number of allylic oxidation sites excluding steroid dienone is 1. The standard InChI is InChI=1S/C9H10N2O/c10-9-5-4-8(7-11-9)3-1-2-6-12/h1,3-7H,2H2,(H2,10,11). The summed E-state index contributed by atoms with van der Waals surface area (Å²) in [7, 11) is 0.